The molecule has 0 radical (unpaired) electrons. The fourth-order valence-corrected chi connectivity index (χ4v) is 10.6. The Labute approximate surface area is 460 Å². The van der Waals surface area contributed by atoms with Gasteiger partial charge in [-0.1, -0.05) is 51.5 Å². The zero-order valence-corrected chi connectivity index (χ0v) is 45.2. The summed E-state index contributed by atoms with van der Waals surface area (Å²) in [6.45, 7) is 5.74. The number of rotatable bonds is 25. The van der Waals surface area contributed by atoms with E-state index in [2.05, 4.69) is 42.5 Å². The number of fused-ring (bicyclic) bond motifs is 6. The van der Waals surface area contributed by atoms with Crippen molar-refractivity contribution in [3.63, 3.8) is 0 Å². The Bertz CT molecular complexity index is 3090. The monoisotopic (exact) mass is 1110 g/mol. The molecule has 0 spiro atoms. The Morgan fingerprint density at radius 2 is 1.59 bits per heavy atom. The standard InChI is InChI=1S/C55H66N10O13S/c1-4-33-35-21-41-50-38(25-65(41)53(79)34(35)15-16-42(33)66)37(36-22-43-44(78-29-77-43)23-40(36)61-50)24-58-46(68)27-75-28-59-55(74)76-26-31-11-13-32(14-12-31)60-51(71)39(9-8-19-57-54(56)73)62-52(72)49(30(2)3)63-45(67)10-6-5-7-20-64-47(69)17-18-48(64)70/h11-14,21-23,30,33,39,49H,4-10,15-20,24-29H2,1-3H3,(H,58,68)(H,59,74)(H,60,71)(H,62,72)(H,63,67)(H3,56,57,73)/t33-,39+,49+/m1/s1. The van der Waals surface area contributed by atoms with E-state index in [1.807, 2.05) is 19.1 Å². The van der Waals surface area contributed by atoms with Crippen molar-refractivity contribution in [2.75, 3.05) is 38.5 Å². The molecule has 1 fully saturated rings. The number of urea groups is 1. The lowest BCUT2D eigenvalue weighted by molar-refractivity contribution is -0.138. The lowest BCUT2D eigenvalue weighted by Crippen LogP contribution is -2.54. The van der Waals surface area contributed by atoms with Gasteiger partial charge in [-0.05, 0) is 91.0 Å². The van der Waals surface area contributed by atoms with Crippen molar-refractivity contribution in [1.82, 2.24) is 41.0 Å². The number of nitrogens with zero attached hydrogens (tertiary/aromatic N) is 3. The predicted octanol–water partition coefficient (Wildman–Crippen LogP) is 4.77. The predicted molar refractivity (Wildman–Crippen MR) is 289 cm³/mol. The summed E-state index contributed by atoms with van der Waals surface area (Å²) in [5.41, 5.74) is 12.0. The van der Waals surface area contributed by atoms with Gasteiger partial charge in [-0.15, -0.1) is 0 Å². The number of likely N-dealkylation sites (tertiary alicyclic amines) is 1. The van der Waals surface area contributed by atoms with Gasteiger partial charge in [0.15, 0.2) is 11.5 Å². The van der Waals surface area contributed by atoms with E-state index in [-0.39, 0.29) is 107 Å². The van der Waals surface area contributed by atoms with Gasteiger partial charge >= 0.3 is 12.1 Å². The molecule has 0 bridgehead atoms. The number of Topliss-reactive ketones (excluding diaryl/α,β-unsaturated/α-hetero) is 1. The first-order chi connectivity index (χ1) is 38.0. The second-order valence-corrected chi connectivity index (χ2v) is 20.6. The fourth-order valence-electron chi connectivity index (χ4n) is 10.2. The van der Waals surface area contributed by atoms with Crippen molar-refractivity contribution in [1.29, 1.82) is 0 Å². The van der Waals surface area contributed by atoms with E-state index in [0.717, 1.165) is 33.3 Å². The molecule has 2 aromatic heterocycles. The zero-order chi connectivity index (χ0) is 56.3. The maximum atomic E-state index is 13.6. The number of alkyl carbamates (subject to hydrolysis) is 1. The highest BCUT2D eigenvalue weighted by Gasteiger charge is 2.34. The summed E-state index contributed by atoms with van der Waals surface area (Å²) >= 11 is 6.04. The van der Waals surface area contributed by atoms with Gasteiger partial charge in [0.25, 0.3) is 0 Å². The second kappa shape index (κ2) is 26.1. The first kappa shape index (κ1) is 57.2. The topological polar surface area (TPSA) is 310 Å². The number of hydrogen-bond donors (Lipinski definition) is 7. The zero-order valence-electron chi connectivity index (χ0n) is 44.4. The highest BCUT2D eigenvalue weighted by molar-refractivity contribution is 7.71. The van der Waals surface area contributed by atoms with Crippen molar-refractivity contribution in [2.45, 2.75) is 129 Å². The normalized spacial score (nSPS) is 15.7. The summed E-state index contributed by atoms with van der Waals surface area (Å²) in [6, 6.07) is 9.38. The molecule has 3 atom stereocenters. The Morgan fingerprint density at radius 3 is 2.32 bits per heavy atom. The van der Waals surface area contributed by atoms with E-state index >= 15 is 0 Å². The number of nitrogens with two attached hydrogens (primary N) is 1. The van der Waals surface area contributed by atoms with E-state index in [4.69, 9.17) is 41.9 Å². The fraction of sp³-hybridized carbons (Fsp3) is 0.473. The molecule has 23 nitrogen and oxygen atoms in total. The number of benzene rings is 2. The largest absolute Gasteiger partial charge is 0.454 e. The SMILES string of the molecule is CC[C@H]1C(=O)CCc2c1cc1n(c2=S)Cc2c-1nc1cc3c(cc1c2CNC(=O)COCNC(=O)OCc1ccc(NC(=O)[C@H](CCCNC(N)=O)NC(=O)[C@@H](NC(=O)CCCCCN2C(=O)CCC2=O)C(C)C)cc1)OCO3. The van der Waals surface area contributed by atoms with Crippen molar-refractivity contribution in [3.8, 4) is 22.9 Å². The lowest BCUT2D eigenvalue weighted by Gasteiger charge is -2.25. The van der Waals surface area contributed by atoms with Gasteiger partial charge in [0.05, 0.1) is 23.4 Å². The molecule has 3 aliphatic heterocycles. The first-order valence-electron chi connectivity index (χ1n) is 26.6. The van der Waals surface area contributed by atoms with Crippen LogP contribution in [0.3, 0.4) is 0 Å². The number of aromatic nitrogens is 2. The Balaban J connectivity index is 0.789. The van der Waals surface area contributed by atoms with E-state index < -0.39 is 41.9 Å². The van der Waals surface area contributed by atoms with Crippen LogP contribution in [0.1, 0.15) is 119 Å². The summed E-state index contributed by atoms with van der Waals surface area (Å²) in [7, 11) is 0. The summed E-state index contributed by atoms with van der Waals surface area (Å²) in [5.74, 6) is -1.55. The number of ketones is 1. The van der Waals surface area contributed by atoms with Gasteiger partial charge in [-0.2, -0.15) is 0 Å². The number of amides is 9. The summed E-state index contributed by atoms with van der Waals surface area (Å²) in [5, 5.41) is 16.9. The highest BCUT2D eigenvalue weighted by Crippen LogP contribution is 2.44. The molecule has 2 aromatic carbocycles. The van der Waals surface area contributed by atoms with Crippen LogP contribution < -0.4 is 47.1 Å². The molecule has 8 N–H and O–H groups in total. The molecule has 4 aliphatic rings. The molecule has 0 unspecified atom stereocenters. The first-order valence-corrected chi connectivity index (χ1v) is 27.1. The van der Waals surface area contributed by atoms with Gasteiger partial charge in [-0.25, -0.2) is 14.6 Å². The van der Waals surface area contributed by atoms with Crippen molar-refractivity contribution < 1.29 is 62.1 Å². The van der Waals surface area contributed by atoms with Crippen LogP contribution in [0, 0.1) is 10.6 Å². The Kier molecular flexibility index (Phi) is 18.9. The van der Waals surface area contributed by atoms with Gasteiger partial charge in [0.1, 0.15) is 42.5 Å². The third-order valence-corrected chi connectivity index (χ3v) is 14.9. The van der Waals surface area contributed by atoms with Crippen molar-refractivity contribution in [3.05, 3.63) is 74.9 Å². The molecule has 4 aromatic rings. The number of nitrogens with one attached hydrogen (secondary N) is 6. The Hall–Kier alpha value is -7.99. The summed E-state index contributed by atoms with van der Waals surface area (Å²) in [6.07, 6.45) is 3.51. The minimum atomic E-state index is -1.07. The number of ether oxygens (including phenoxy) is 4. The van der Waals surface area contributed by atoms with E-state index in [9.17, 15) is 43.2 Å². The molecule has 9 amide bonds. The molecule has 24 heteroatoms. The number of anilines is 1. The van der Waals surface area contributed by atoms with Crippen LogP contribution in [-0.4, -0.2) is 113 Å². The highest BCUT2D eigenvalue weighted by atomic mass is 32.1. The van der Waals surface area contributed by atoms with Crippen LogP contribution >= 0.6 is 12.2 Å². The third kappa shape index (κ3) is 14.0. The van der Waals surface area contributed by atoms with Gasteiger partial charge in [0.2, 0.25) is 42.2 Å². The minimum absolute atomic E-state index is 0.0730. The number of carbonyl (C=O) groups is 9. The van der Waals surface area contributed by atoms with Crippen molar-refractivity contribution in [2.24, 2.45) is 11.7 Å². The maximum Gasteiger partial charge on any atom is 0.409 e. The molecular formula is C55H66N10O13S. The van der Waals surface area contributed by atoms with E-state index in [1.54, 1.807) is 38.1 Å². The molecule has 1 saturated heterocycles. The number of hydrogen-bond acceptors (Lipinski definition) is 15. The molecule has 5 heterocycles. The van der Waals surface area contributed by atoms with Gasteiger partial charge < -0.3 is 55.8 Å². The molecule has 420 valence electrons. The number of carbonyl (C=O) groups excluding carboxylic acids is 9. The van der Waals surface area contributed by atoms with Crippen molar-refractivity contribution >= 4 is 82.2 Å². The quantitative estimate of drug-likeness (QED) is 0.0179. The third-order valence-electron chi connectivity index (χ3n) is 14.4. The number of pyridine rings is 2. The van der Waals surface area contributed by atoms with Gasteiger partial charge in [-0.3, -0.25) is 43.8 Å². The van der Waals surface area contributed by atoms with Crippen LogP contribution in [0.25, 0.3) is 22.3 Å². The number of imide groups is 1. The average Bonchev–Trinajstić information content (AvgIpc) is 4.16. The number of primary amides is 1. The summed E-state index contributed by atoms with van der Waals surface area (Å²) < 4.78 is 24.9. The van der Waals surface area contributed by atoms with Crippen LogP contribution in [0.4, 0.5) is 15.3 Å². The van der Waals surface area contributed by atoms with Gasteiger partial charge in [0, 0.05) is 73.9 Å². The van der Waals surface area contributed by atoms with Crippen LogP contribution in [-0.2, 0) is 69.2 Å². The lowest BCUT2D eigenvalue weighted by atomic mass is 9.81. The molecule has 1 aliphatic carbocycles. The smallest absolute Gasteiger partial charge is 0.409 e. The van der Waals surface area contributed by atoms with Crippen LogP contribution in [0.15, 0.2) is 42.5 Å². The molecule has 8 rings (SSSR count). The van der Waals surface area contributed by atoms with E-state index in [0.29, 0.717) is 90.2 Å². The summed E-state index contributed by atoms with van der Waals surface area (Å²) in [4.78, 5) is 120. The van der Waals surface area contributed by atoms with Crippen LogP contribution in [0.5, 0.6) is 11.5 Å². The Morgan fingerprint density at radius 1 is 0.848 bits per heavy atom. The maximum absolute atomic E-state index is 13.6. The molecule has 0 saturated carbocycles. The number of unbranched alkanes of at least 4 members (excludes halogenated alkanes) is 2. The molecule has 79 heavy (non-hydrogen) atoms. The second-order valence-electron chi connectivity index (χ2n) is 20.2. The van der Waals surface area contributed by atoms with Crippen LogP contribution in [0.2, 0.25) is 0 Å². The average molecular weight is 1110 g/mol. The van der Waals surface area contributed by atoms with E-state index in [1.165, 1.54) is 4.90 Å². The minimum Gasteiger partial charge on any atom is -0.454 e. The molecular weight excluding hydrogens is 1040 g/mol.